The Hall–Kier alpha value is -0.275. The van der Waals surface area contributed by atoms with E-state index >= 15 is 0 Å². The molecule has 2 fully saturated rings. The lowest BCUT2D eigenvalue weighted by atomic mass is 9.84. The molecule has 1 aliphatic carbocycles. The van der Waals surface area contributed by atoms with Gasteiger partial charge in [-0.3, -0.25) is 0 Å². The molecule has 2 nitrogen and oxygen atoms in total. The standard InChI is InChI=1S/C13H23BO2/c1-12(2)13(3,4)16-14(15-12)10-9-11-7-5-6-8-11/h9H,5-8,10H2,1-4H3. The van der Waals surface area contributed by atoms with Gasteiger partial charge in [0.15, 0.2) is 0 Å². The Morgan fingerprint density at radius 3 is 2.06 bits per heavy atom. The molecule has 0 N–H and O–H groups in total. The Labute approximate surface area is 99.5 Å². The molecule has 1 aliphatic heterocycles. The van der Waals surface area contributed by atoms with Crippen molar-refractivity contribution in [2.24, 2.45) is 0 Å². The molecule has 1 saturated carbocycles. The lowest BCUT2D eigenvalue weighted by molar-refractivity contribution is 0.00578. The van der Waals surface area contributed by atoms with Crippen LogP contribution in [0.2, 0.25) is 6.32 Å². The van der Waals surface area contributed by atoms with E-state index < -0.39 is 0 Å². The van der Waals surface area contributed by atoms with Gasteiger partial charge in [0.05, 0.1) is 11.2 Å². The van der Waals surface area contributed by atoms with Crippen LogP contribution in [0.15, 0.2) is 11.6 Å². The fourth-order valence-electron chi connectivity index (χ4n) is 2.36. The van der Waals surface area contributed by atoms with Crippen molar-refractivity contribution in [1.29, 1.82) is 0 Å². The second-order valence-electron chi connectivity index (χ2n) is 5.99. The van der Waals surface area contributed by atoms with Crippen LogP contribution >= 0.6 is 0 Å². The Morgan fingerprint density at radius 2 is 1.56 bits per heavy atom. The average Bonchev–Trinajstić information content (AvgIpc) is 2.70. The minimum atomic E-state index is -0.189. The second-order valence-corrected chi connectivity index (χ2v) is 5.99. The van der Waals surface area contributed by atoms with Gasteiger partial charge in [0, 0.05) is 6.32 Å². The smallest absolute Gasteiger partial charge is 0.403 e. The van der Waals surface area contributed by atoms with Crippen LogP contribution in [0, 0.1) is 0 Å². The first-order valence-electron chi connectivity index (χ1n) is 6.44. The van der Waals surface area contributed by atoms with Gasteiger partial charge in [-0.15, -0.1) is 0 Å². The zero-order valence-corrected chi connectivity index (χ0v) is 11.0. The fourth-order valence-corrected chi connectivity index (χ4v) is 2.36. The summed E-state index contributed by atoms with van der Waals surface area (Å²) in [5.41, 5.74) is 1.22. The van der Waals surface area contributed by atoms with Crippen molar-refractivity contribution in [3.8, 4) is 0 Å². The summed E-state index contributed by atoms with van der Waals surface area (Å²) in [6.45, 7) is 8.43. The van der Waals surface area contributed by atoms with Gasteiger partial charge in [0.25, 0.3) is 0 Å². The van der Waals surface area contributed by atoms with Crippen LogP contribution in [-0.4, -0.2) is 18.3 Å². The lowest BCUT2D eigenvalue weighted by Crippen LogP contribution is -2.41. The highest BCUT2D eigenvalue weighted by Crippen LogP contribution is 2.38. The molecule has 3 heteroatoms. The maximum atomic E-state index is 5.96. The molecule has 16 heavy (non-hydrogen) atoms. The molecule has 90 valence electrons. The van der Waals surface area contributed by atoms with Crippen LogP contribution < -0.4 is 0 Å². The van der Waals surface area contributed by atoms with E-state index in [4.69, 9.17) is 9.31 Å². The van der Waals surface area contributed by atoms with E-state index in [2.05, 4.69) is 33.8 Å². The van der Waals surface area contributed by atoms with Gasteiger partial charge in [-0.2, -0.15) is 0 Å². The maximum absolute atomic E-state index is 5.96. The quantitative estimate of drug-likeness (QED) is 0.525. The van der Waals surface area contributed by atoms with Crippen LogP contribution in [0.3, 0.4) is 0 Å². The number of hydrogen-bond donors (Lipinski definition) is 0. The molecule has 0 aromatic carbocycles. The van der Waals surface area contributed by atoms with Gasteiger partial charge in [-0.25, -0.2) is 0 Å². The zero-order valence-electron chi connectivity index (χ0n) is 11.0. The van der Waals surface area contributed by atoms with E-state index in [0.29, 0.717) is 0 Å². The summed E-state index contributed by atoms with van der Waals surface area (Å²) >= 11 is 0. The highest BCUT2D eigenvalue weighted by molar-refractivity contribution is 6.46. The summed E-state index contributed by atoms with van der Waals surface area (Å²) < 4.78 is 11.9. The van der Waals surface area contributed by atoms with Crippen molar-refractivity contribution < 1.29 is 9.31 Å². The van der Waals surface area contributed by atoms with E-state index in [1.165, 1.54) is 25.7 Å². The van der Waals surface area contributed by atoms with Crippen LogP contribution in [0.1, 0.15) is 53.4 Å². The third-order valence-corrected chi connectivity index (χ3v) is 4.15. The molecular weight excluding hydrogens is 199 g/mol. The number of hydrogen-bond acceptors (Lipinski definition) is 2. The molecule has 0 aromatic heterocycles. The van der Waals surface area contributed by atoms with Gasteiger partial charge in [-0.1, -0.05) is 11.6 Å². The Bertz CT molecular complexity index is 270. The van der Waals surface area contributed by atoms with Crippen molar-refractivity contribution >= 4 is 7.12 Å². The second kappa shape index (κ2) is 4.19. The molecule has 0 spiro atoms. The van der Waals surface area contributed by atoms with Crippen LogP contribution in [-0.2, 0) is 9.31 Å². The molecule has 1 saturated heterocycles. The number of allylic oxidation sites excluding steroid dienone is 2. The SMILES string of the molecule is CC1(C)OB(CC=C2CCCC2)OC1(C)C. The predicted molar refractivity (Wildman–Crippen MR) is 67.4 cm³/mol. The molecule has 0 unspecified atom stereocenters. The van der Waals surface area contributed by atoms with Crippen molar-refractivity contribution in [1.82, 2.24) is 0 Å². The molecule has 1 heterocycles. The average molecular weight is 222 g/mol. The molecule has 0 radical (unpaired) electrons. The first-order valence-corrected chi connectivity index (χ1v) is 6.44. The first kappa shape index (κ1) is 12.2. The minimum Gasteiger partial charge on any atom is -0.403 e. The summed E-state index contributed by atoms with van der Waals surface area (Å²) in [4.78, 5) is 0. The monoisotopic (exact) mass is 222 g/mol. The van der Waals surface area contributed by atoms with E-state index in [-0.39, 0.29) is 18.3 Å². The van der Waals surface area contributed by atoms with E-state index in [0.717, 1.165) is 6.32 Å². The van der Waals surface area contributed by atoms with Gasteiger partial charge < -0.3 is 9.31 Å². The summed E-state index contributed by atoms with van der Waals surface area (Å²) in [6, 6.07) is 0. The van der Waals surface area contributed by atoms with Gasteiger partial charge in [0.1, 0.15) is 0 Å². The summed E-state index contributed by atoms with van der Waals surface area (Å²) in [5.74, 6) is 0. The largest absolute Gasteiger partial charge is 0.461 e. The molecule has 2 aliphatic rings. The summed E-state index contributed by atoms with van der Waals surface area (Å²) in [6.07, 6.45) is 8.50. The van der Waals surface area contributed by atoms with Crippen LogP contribution in [0.4, 0.5) is 0 Å². The molecular formula is C13H23BO2. The number of rotatable bonds is 2. The Balaban J connectivity index is 1.91. The maximum Gasteiger partial charge on any atom is 0.461 e. The van der Waals surface area contributed by atoms with Crippen molar-refractivity contribution in [2.75, 3.05) is 0 Å². The predicted octanol–water partition coefficient (Wildman–Crippen LogP) is 3.58. The van der Waals surface area contributed by atoms with E-state index in [9.17, 15) is 0 Å². The third-order valence-electron chi connectivity index (χ3n) is 4.15. The van der Waals surface area contributed by atoms with Crippen molar-refractivity contribution in [3.05, 3.63) is 11.6 Å². The molecule has 0 amide bonds. The summed E-state index contributed by atoms with van der Waals surface area (Å²) in [7, 11) is -0.0573. The zero-order chi connectivity index (χ0) is 11.8. The molecule has 2 rings (SSSR count). The Kier molecular flexibility index (Phi) is 3.19. The minimum absolute atomic E-state index is 0.0573. The van der Waals surface area contributed by atoms with E-state index in [1.54, 1.807) is 5.57 Å². The van der Waals surface area contributed by atoms with Crippen molar-refractivity contribution in [3.63, 3.8) is 0 Å². The van der Waals surface area contributed by atoms with Crippen LogP contribution in [0.25, 0.3) is 0 Å². The highest BCUT2D eigenvalue weighted by atomic mass is 16.7. The molecule has 0 bridgehead atoms. The lowest BCUT2D eigenvalue weighted by Gasteiger charge is -2.32. The van der Waals surface area contributed by atoms with E-state index in [1.807, 2.05) is 0 Å². The normalized spacial score (nSPS) is 27.5. The molecule has 0 atom stereocenters. The van der Waals surface area contributed by atoms with Crippen molar-refractivity contribution in [2.45, 2.75) is 70.9 Å². The van der Waals surface area contributed by atoms with Gasteiger partial charge in [-0.05, 0) is 53.4 Å². The Morgan fingerprint density at radius 1 is 1.06 bits per heavy atom. The summed E-state index contributed by atoms with van der Waals surface area (Å²) in [5, 5.41) is 0. The fraction of sp³-hybridized carbons (Fsp3) is 0.846. The highest BCUT2D eigenvalue weighted by Gasteiger charge is 2.50. The third kappa shape index (κ3) is 2.35. The van der Waals surface area contributed by atoms with Crippen LogP contribution in [0.5, 0.6) is 0 Å². The molecule has 0 aromatic rings. The first-order chi connectivity index (χ1) is 7.41. The van der Waals surface area contributed by atoms with Gasteiger partial charge in [0.2, 0.25) is 0 Å². The topological polar surface area (TPSA) is 18.5 Å². The van der Waals surface area contributed by atoms with Gasteiger partial charge >= 0.3 is 7.12 Å².